The number of non-ortho nitro benzene ring substituents is 1. The number of anilines is 1. The Morgan fingerprint density at radius 1 is 0.733 bits per heavy atom. The summed E-state index contributed by atoms with van der Waals surface area (Å²) in [4.78, 5) is 9.55. The number of hydrogen-bond donors (Lipinski definition) is 1. The van der Waals surface area contributed by atoms with Gasteiger partial charge in [0, 0.05) is 23.2 Å². The summed E-state index contributed by atoms with van der Waals surface area (Å²) >= 11 is 0. The van der Waals surface area contributed by atoms with Gasteiger partial charge in [0.15, 0.2) is 0 Å². The third-order valence-corrected chi connectivity index (χ3v) is 6.61. The van der Waals surface area contributed by atoms with Crippen molar-refractivity contribution in [1.29, 1.82) is 0 Å². The molecule has 1 radical (unpaired) electrons. The molecule has 0 aromatic heterocycles. The number of hydrogen-bond acceptors (Lipinski definition) is 13. The van der Waals surface area contributed by atoms with Gasteiger partial charge in [-0.05, 0) is 29.7 Å². The van der Waals surface area contributed by atoms with E-state index >= 15 is 0 Å². The first-order valence-corrected chi connectivity index (χ1v) is 13.6. The second-order valence-corrected chi connectivity index (χ2v) is 10.2. The van der Waals surface area contributed by atoms with Crippen molar-refractivity contribution in [3.8, 4) is 17.2 Å². The Morgan fingerprint density at radius 3 is 2.00 bits per heavy atom. The molecule has 0 heterocycles. The molecule has 0 aliphatic carbocycles. The number of nitrogens with two attached hydrogens (primary N) is 1. The van der Waals surface area contributed by atoms with E-state index in [1.54, 1.807) is 18.2 Å². The molecule has 5 rings (SSSR count). The minimum atomic E-state index is -4.68. The number of azo groups is 2. The average Bonchev–Trinajstić information content (AvgIpc) is 2.97. The molecule has 15 nitrogen and oxygen atoms in total. The van der Waals surface area contributed by atoms with Crippen LogP contribution >= 0.6 is 0 Å². The number of nitro groups is 1. The molecule has 0 fully saturated rings. The Hall–Kier alpha value is -5.60. The summed E-state index contributed by atoms with van der Waals surface area (Å²) in [6, 6.07) is 20.3. The van der Waals surface area contributed by atoms with Crippen LogP contribution in [0.5, 0.6) is 17.2 Å². The molecule has 0 bridgehead atoms. The number of benzene rings is 5. The summed E-state index contributed by atoms with van der Waals surface area (Å²) in [7, 11) is -4.68. The van der Waals surface area contributed by atoms with Crippen molar-refractivity contribution < 1.29 is 53.4 Å². The van der Waals surface area contributed by atoms with E-state index < -0.39 is 31.4 Å². The second kappa shape index (κ2) is 14.2. The summed E-state index contributed by atoms with van der Waals surface area (Å²) in [6.07, 6.45) is 0. The van der Waals surface area contributed by atoms with E-state index in [-0.39, 0.29) is 60.1 Å². The van der Waals surface area contributed by atoms with Crippen molar-refractivity contribution in [2.45, 2.75) is 4.90 Å². The van der Waals surface area contributed by atoms with Gasteiger partial charge in [-0.15, -0.1) is 5.69 Å². The smallest absolute Gasteiger partial charge is 0.871 e. The average molecular weight is 667 g/mol. The molecule has 5 aromatic rings. The van der Waals surface area contributed by atoms with Gasteiger partial charge in [0.05, 0.1) is 32.6 Å². The number of nitrogen functional groups attached to an aromatic ring is 1. The molecule has 0 spiro atoms. The van der Waals surface area contributed by atoms with E-state index in [4.69, 9.17) is 11.5 Å². The first-order valence-electron chi connectivity index (χ1n) is 12.2. The molecule has 0 saturated carbocycles. The predicted molar refractivity (Wildman–Crippen MR) is 155 cm³/mol. The largest absolute Gasteiger partial charge is 3.00 e. The predicted octanol–water partition coefficient (Wildman–Crippen LogP) is 5.88. The molecule has 45 heavy (non-hydrogen) atoms. The molecule has 3 N–H and O–H groups in total. The van der Waals surface area contributed by atoms with Gasteiger partial charge in [0.1, 0.15) is 10.1 Å². The van der Waals surface area contributed by atoms with Crippen LogP contribution in [-0.2, 0) is 27.5 Å². The van der Waals surface area contributed by atoms with Crippen LogP contribution in [0.2, 0.25) is 0 Å². The quantitative estimate of drug-likeness (QED) is 0.0743. The molecular formula is C28H20CrN7O8S. The maximum Gasteiger partial charge on any atom is 3.00 e. The minimum Gasteiger partial charge on any atom is -0.871 e. The minimum absolute atomic E-state index is 0. The van der Waals surface area contributed by atoms with Crippen molar-refractivity contribution in [3.63, 3.8) is 0 Å². The van der Waals surface area contributed by atoms with Crippen molar-refractivity contribution in [3.05, 3.63) is 107 Å². The zero-order chi connectivity index (χ0) is 32.0. The van der Waals surface area contributed by atoms with E-state index in [0.29, 0.717) is 11.1 Å². The van der Waals surface area contributed by atoms with E-state index in [1.807, 2.05) is 12.1 Å². The molecule has 0 aliphatic heterocycles. The fourth-order valence-electron chi connectivity index (χ4n) is 3.62. The van der Waals surface area contributed by atoms with Crippen LogP contribution in [0.1, 0.15) is 2.85 Å². The van der Waals surface area contributed by atoms with E-state index in [1.165, 1.54) is 24.3 Å². The molecule has 0 atom stereocenters. The van der Waals surface area contributed by atoms with Crippen molar-refractivity contribution in [2.75, 3.05) is 5.73 Å². The van der Waals surface area contributed by atoms with Crippen molar-refractivity contribution in [2.24, 2.45) is 20.5 Å². The molecule has 0 saturated heterocycles. The summed E-state index contributed by atoms with van der Waals surface area (Å²) < 4.78 is 32.7. The third kappa shape index (κ3) is 8.49. The van der Waals surface area contributed by atoms with Crippen LogP contribution < -0.4 is 21.1 Å². The summed E-state index contributed by atoms with van der Waals surface area (Å²) in [5, 5.41) is 62.2. The Kier molecular flexibility index (Phi) is 10.7. The van der Waals surface area contributed by atoms with Crippen molar-refractivity contribution >= 4 is 60.7 Å². The SMILES string of the molecule is O=[N+]([O-])c1ccc([O-])c(N=Nc2c([O-])ccc3ccccc23)c1.[Cr+3].[H+].[H+].[NH-]c1cc(N)ccc1N=Nc1cc(S(=O)(=O)[O-])ccc1[O-]. The van der Waals surface area contributed by atoms with Crippen LogP contribution in [0.4, 0.5) is 39.8 Å². The first-order chi connectivity index (χ1) is 20.8. The maximum absolute atomic E-state index is 12.0. The monoisotopic (exact) mass is 666 g/mol. The molecule has 0 amide bonds. The van der Waals surface area contributed by atoms with Gasteiger partial charge < -0.3 is 31.3 Å². The van der Waals surface area contributed by atoms with Crippen LogP contribution in [0.3, 0.4) is 0 Å². The Labute approximate surface area is 268 Å². The van der Waals surface area contributed by atoms with Gasteiger partial charge in [-0.1, -0.05) is 71.8 Å². The van der Waals surface area contributed by atoms with E-state index in [0.717, 1.165) is 41.8 Å². The molecule has 227 valence electrons. The van der Waals surface area contributed by atoms with Crippen LogP contribution in [-0.4, -0.2) is 17.9 Å². The molecule has 0 unspecified atom stereocenters. The number of nitrogens with zero attached hydrogens (tertiary/aromatic N) is 5. The Balaban J connectivity index is 0.000000444. The number of fused-ring (bicyclic) bond motifs is 1. The zero-order valence-corrected chi connectivity index (χ0v) is 24.6. The Bertz CT molecular complexity index is 2070. The van der Waals surface area contributed by atoms with Gasteiger partial charge in [0.2, 0.25) is 0 Å². The molecular weight excluding hydrogens is 646 g/mol. The fraction of sp³-hybridized carbons (Fsp3) is 0. The van der Waals surface area contributed by atoms with Gasteiger partial charge in [-0.25, -0.2) is 8.42 Å². The molecule has 0 aliphatic rings. The first kappa shape index (κ1) is 33.9. The molecule has 5 aromatic carbocycles. The van der Waals surface area contributed by atoms with E-state index in [9.17, 15) is 38.4 Å². The third-order valence-electron chi connectivity index (χ3n) is 5.78. The fourth-order valence-corrected chi connectivity index (χ4v) is 4.11. The van der Waals surface area contributed by atoms with Gasteiger partial charge in [-0.3, -0.25) is 10.1 Å². The van der Waals surface area contributed by atoms with Crippen LogP contribution in [0.15, 0.2) is 116 Å². The van der Waals surface area contributed by atoms with Gasteiger partial charge >= 0.3 is 20.2 Å². The van der Waals surface area contributed by atoms with Gasteiger partial charge in [-0.2, -0.15) is 20.5 Å². The van der Waals surface area contributed by atoms with Crippen LogP contribution in [0.25, 0.3) is 16.5 Å². The number of nitro benzene ring substituents is 1. The zero-order valence-electron chi connectivity index (χ0n) is 24.6. The topological polar surface area (TPSA) is 269 Å². The summed E-state index contributed by atoms with van der Waals surface area (Å²) in [5.74, 6) is -1.44. The number of nitrogens with one attached hydrogen (secondary N) is 1. The van der Waals surface area contributed by atoms with Gasteiger partial charge in [0.25, 0.3) is 5.69 Å². The van der Waals surface area contributed by atoms with E-state index in [2.05, 4.69) is 20.5 Å². The summed E-state index contributed by atoms with van der Waals surface area (Å²) in [6.45, 7) is 0. The standard InChI is InChI=1S/C16H11N3O4.C12H11N4O4S.Cr/c20-14-8-6-11(19(22)23)9-13(14)17-18-16-12-4-2-1-3-10(12)5-7-15(16)21;13-7-1-3-10(9(14)5-7)15-16-11-6-8(21(18,19)20)2-4-12(11)17;/h1-9,20-21H;1-6H,(H5-,13,14,15,16,17,18,19,20);/q;-1;+3/p-2. The Morgan fingerprint density at radius 2 is 1.33 bits per heavy atom. The summed E-state index contributed by atoms with van der Waals surface area (Å²) in [5.41, 5.74) is 13.0. The normalized spacial score (nSPS) is 11.2. The second-order valence-electron chi connectivity index (χ2n) is 8.80. The number of rotatable bonds is 6. The van der Waals surface area contributed by atoms with Crippen molar-refractivity contribution in [1.82, 2.24) is 0 Å². The maximum atomic E-state index is 12.0. The molecule has 17 heteroatoms. The van der Waals surface area contributed by atoms with Crippen LogP contribution in [0, 0.1) is 10.1 Å².